The number of aromatic nitrogens is 4. The number of imidazole rings is 1. The number of fused-ring (bicyclic) bond motifs is 1. The number of nitrogens with two attached hydrogens (primary N) is 1. The van der Waals surface area contributed by atoms with Crippen molar-refractivity contribution in [3.8, 4) is 0 Å². The molecule has 5 rings (SSSR count). The Balaban J connectivity index is 1.49. The predicted octanol–water partition coefficient (Wildman–Crippen LogP) is 3.99. The quantitative estimate of drug-likeness (QED) is 0.446. The number of carbonyl (C=O) groups excluding carboxylic acids is 1. The van der Waals surface area contributed by atoms with Crippen molar-refractivity contribution in [3.05, 3.63) is 36.0 Å². The zero-order valence-electron chi connectivity index (χ0n) is 19.6. The second-order valence-corrected chi connectivity index (χ2v) is 9.40. The number of alkyl halides is 1. The maximum Gasteiger partial charge on any atom is 0.225 e. The number of benzene rings is 1. The van der Waals surface area contributed by atoms with Gasteiger partial charge in [0.15, 0.2) is 5.65 Å². The van der Waals surface area contributed by atoms with E-state index in [-0.39, 0.29) is 42.1 Å². The van der Waals surface area contributed by atoms with Gasteiger partial charge in [0.25, 0.3) is 0 Å². The van der Waals surface area contributed by atoms with E-state index >= 15 is 0 Å². The van der Waals surface area contributed by atoms with E-state index in [1.54, 1.807) is 0 Å². The minimum absolute atomic E-state index is 0.00859. The summed E-state index contributed by atoms with van der Waals surface area (Å²) in [7, 11) is 0. The minimum atomic E-state index is -1.19. The number of carbonyl (C=O) groups is 1. The first-order chi connectivity index (χ1) is 17.4. The number of rotatable bonds is 7. The van der Waals surface area contributed by atoms with E-state index in [0.29, 0.717) is 43.5 Å². The van der Waals surface area contributed by atoms with E-state index in [0.717, 1.165) is 25.0 Å². The molecule has 36 heavy (non-hydrogen) atoms. The Hall–Kier alpha value is -3.41. The van der Waals surface area contributed by atoms with Crippen molar-refractivity contribution in [2.45, 2.75) is 56.8 Å². The lowest BCUT2D eigenvalue weighted by Crippen LogP contribution is -2.39. The van der Waals surface area contributed by atoms with Crippen LogP contribution in [-0.2, 0) is 9.53 Å². The molecule has 12 heteroatoms. The smallest absolute Gasteiger partial charge is 0.225 e. The summed E-state index contributed by atoms with van der Waals surface area (Å²) in [5, 5.41) is 5.86. The molecule has 3 heterocycles. The van der Waals surface area contributed by atoms with Gasteiger partial charge in [-0.05, 0) is 50.2 Å². The third-order valence-corrected chi connectivity index (χ3v) is 6.90. The molecule has 192 valence electrons. The number of nitrogens with zero attached hydrogens (tertiary/aromatic N) is 4. The van der Waals surface area contributed by atoms with Crippen LogP contribution in [0.25, 0.3) is 11.2 Å². The molecule has 3 aromatic rings. The number of ether oxygens (including phenoxy) is 1. The molecule has 9 nitrogen and oxygen atoms in total. The molecule has 2 atom stereocenters. The predicted molar refractivity (Wildman–Crippen MR) is 128 cm³/mol. The molecule has 1 amide bonds. The van der Waals surface area contributed by atoms with Crippen LogP contribution in [0.4, 0.5) is 30.8 Å². The van der Waals surface area contributed by atoms with E-state index in [1.165, 1.54) is 12.3 Å². The van der Waals surface area contributed by atoms with E-state index in [9.17, 15) is 18.0 Å². The van der Waals surface area contributed by atoms with Crippen LogP contribution in [0.2, 0.25) is 0 Å². The van der Waals surface area contributed by atoms with Gasteiger partial charge >= 0.3 is 0 Å². The number of para-hydroxylation sites is 1. The molecule has 1 saturated heterocycles. The van der Waals surface area contributed by atoms with Gasteiger partial charge in [-0.25, -0.2) is 23.1 Å². The molecule has 0 radical (unpaired) electrons. The summed E-state index contributed by atoms with van der Waals surface area (Å²) in [6, 6.07) is 3.04. The Labute approximate surface area is 205 Å². The van der Waals surface area contributed by atoms with E-state index in [4.69, 9.17) is 10.5 Å². The molecular formula is C24H28F3N7O2. The second-order valence-electron chi connectivity index (χ2n) is 9.40. The fourth-order valence-corrected chi connectivity index (χ4v) is 5.05. The summed E-state index contributed by atoms with van der Waals surface area (Å²) in [5.41, 5.74) is 5.96. The van der Waals surface area contributed by atoms with Crippen molar-refractivity contribution in [2.75, 3.05) is 23.8 Å². The van der Waals surface area contributed by atoms with Crippen molar-refractivity contribution in [2.24, 2.45) is 11.7 Å². The lowest BCUT2D eigenvalue weighted by Gasteiger charge is -2.30. The fraction of sp³-hybridized carbons (Fsp3) is 0.500. The molecule has 1 aliphatic carbocycles. The van der Waals surface area contributed by atoms with E-state index in [1.807, 2.05) is 4.57 Å². The number of hydrogen-bond acceptors (Lipinski definition) is 7. The number of anilines is 3. The highest BCUT2D eigenvalue weighted by molar-refractivity contribution is 5.77. The summed E-state index contributed by atoms with van der Waals surface area (Å²) in [6.07, 6.45) is 4.07. The average Bonchev–Trinajstić information content (AvgIpc) is 3.20. The number of amides is 1. The molecule has 2 fully saturated rings. The molecule has 4 N–H and O–H groups in total. The SMILES string of the molecule is NC(=O)C[C@H]1CC[C@@H](n2c(Nc3c(F)cccc3F)nc3cnc(N[C@H]4CCOC[C@H]4F)nc32)CC1. The van der Waals surface area contributed by atoms with Crippen LogP contribution in [0.5, 0.6) is 0 Å². The van der Waals surface area contributed by atoms with Crippen molar-refractivity contribution in [1.82, 2.24) is 19.5 Å². The summed E-state index contributed by atoms with van der Waals surface area (Å²) in [4.78, 5) is 24.8. The van der Waals surface area contributed by atoms with Crippen LogP contribution >= 0.6 is 0 Å². The van der Waals surface area contributed by atoms with Gasteiger partial charge in [-0.3, -0.25) is 9.36 Å². The van der Waals surface area contributed by atoms with Gasteiger partial charge in [-0.1, -0.05) is 6.07 Å². The van der Waals surface area contributed by atoms with Crippen LogP contribution in [0.15, 0.2) is 24.4 Å². The van der Waals surface area contributed by atoms with Crippen LogP contribution in [0, 0.1) is 17.6 Å². The number of hydrogen-bond donors (Lipinski definition) is 3. The summed E-state index contributed by atoms with van der Waals surface area (Å²) in [5.74, 6) is -1.17. The van der Waals surface area contributed by atoms with E-state index in [2.05, 4.69) is 25.6 Å². The lowest BCUT2D eigenvalue weighted by molar-refractivity contribution is -0.119. The Morgan fingerprint density at radius 2 is 1.89 bits per heavy atom. The molecule has 2 aromatic heterocycles. The summed E-state index contributed by atoms with van der Waals surface area (Å²) >= 11 is 0. The standard InChI is InChI=1S/C24H28F3N7O2/c25-15-2-1-3-16(26)21(15)32-24-31-19-11-29-23(30-18-8-9-36-12-17(18)27)33-22(19)34(24)14-6-4-13(5-7-14)10-20(28)35/h1-3,11,13-14,17-18H,4-10,12H2,(H2,28,35)(H,31,32)(H,29,30,33)/t13-,14+,17-,18+/m1/s1. The fourth-order valence-electron chi connectivity index (χ4n) is 5.05. The first-order valence-corrected chi connectivity index (χ1v) is 12.1. The van der Waals surface area contributed by atoms with Crippen molar-refractivity contribution >= 4 is 34.7 Å². The van der Waals surface area contributed by atoms with Gasteiger partial charge in [-0.2, -0.15) is 4.98 Å². The highest BCUT2D eigenvalue weighted by Crippen LogP contribution is 2.38. The largest absolute Gasteiger partial charge is 0.378 e. The Morgan fingerprint density at radius 3 is 2.58 bits per heavy atom. The van der Waals surface area contributed by atoms with Crippen LogP contribution < -0.4 is 16.4 Å². The minimum Gasteiger partial charge on any atom is -0.378 e. The van der Waals surface area contributed by atoms with Crippen molar-refractivity contribution in [3.63, 3.8) is 0 Å². The van der Waals surface area contributed by atoms with Gasteiger partial charge in [0.2, 0.25) is 17.8 Å². The summed E-state index contributed by atoms with van der Waals surface area (Å²) in [6.45, 7) is 0.448. The molecule has 1 aromatic carbocycles. The molecule has 1 saturated carbocycles. The monoisotopic (exact) mass is 503 g/mol. The van der Waals surface area contributed by atoms with Gasteiger partial charge in [0.1, 0.15) is 29.0 Å². The van der Waals surface area contributed by atoms with Crippen LogP contribution in [0.3, 0.4) is 0 Å². The van der Waals surface area contributed by atoms with Crippen molar-refractivity contribution in [1.29, 1.82) is 0 Å². The molecule has 1 aliphatic heterocycles. The highest BCUT2D eigenvalue weighted by Gasteiger charge is 2.29. The summed E-state index contributed by atoms with van der Waals surface area (Å²) < 4.78 is 50.1. The molecule has 0 unspecified atom stereocenters. The Morgan fingerprint density at radius 1 is 1.14 bits per heavy atom. The maximum atomic E-state index is 14.4. The number of halogens is 3. The first kappa shape index (κ1) is 24.3. The third kappa shape index (κ3) is 5.08. The zero-order valence-corrected chi connectivity index (χ0v) is 19.6. The van der Waals surface area contributed by atoms with Crippen LogP contribution in [-0.4, -0.2) is 50.9 Å². The van der Waals surface area contributed by atoms with Gasteiger partial charge in [0, 0.05) is 19.1 Å². The molecule has 0 bridgehead atoms. The first-order valence-electron chi connectivity index (χ1n) is 12.1. The zero-order chi connectivity index (χ0) is 25.2. The third-order valence-electron chi connectivity index (χ3n) is 6.90. The maximum absolute atomic E-state index is 14.4. The van der Waals surface area contributed by atoms with Gasteiger partial charge in [-0.15, -0.1) is 0 Å². The molecule has 0 spiro atoms. The second kappa shape index (κ2) is 10.3. The van der Waals surface area contributed by atoms with Crippen molar-refractivity contribution < 1.29 is 22.7 Å². The normalized spacial score (nSPS) is 24.5. The molecule has 2 aliphatic rings. The topological polar surface area (TPSA) is 120 Å². The lowest BCUT2D eigenvalue weighted by atomic mass is 9.84. The Kier molecular flexibility index (Phi) is 6.95. The van der Waals surface area contributed by atoms with Gasteiger partial charge in [0.05, 0.1) is 18.8 Å². The van der Waals surface area contributed by atoms with Gasteiger partial charge < -0.3 is 21.1 Å². The Bertz CT molecular complexity index is 1230. The van der Waals surface area contributed by atoms with Crippen LogP contribution in [0.1, 0.15) is 44.6 Å². The number of nitrogens with one attached hydrogen (secondary N) is 2. The number of primary amides is 1. The molecular weight excluding hydrogens is 475 g/mol. The van der Waals surface area contributed by atoms with E-state index < -0.39 is 23.8 Å². The average molecular weight is 504 g/mol. The highest BCUT2D eigenvalue weighted by atomic mass is 19.1.